The van der Waals surface area contributed by atoms with Crippen LogP contribution in [0.3, 0.4) is 0 Å². The minimum absolute atomic E-state index is 0.119. The first-order chi connectivity index (χ1) is 10.1. The van der Waals surface area contributed by atoms with Gasteiger partial charge in [0.1, 0.15) is 0 Å². The molecule has 0 fully saturated rings. The first kappa shape index (κ1) is 15.0. The number of Topliss-reactive ketones (excluding diaryl/α,β-unsaturated/α-hetero) is 2. The molecular formula is C16H17NO4. The van der Waals surface area contributed by atoms with Crippen molar-refractivity contribution in [3.8, 4) is 0 Å². The average Bonchev–Trinajstić information content (AvgIpc) is 2.86. The molecule has 0 saturated heterocycles. The number of carbonyl (C=O) groups is 3. The third kappa shape index (κ3) is 3.02. The highest BCUT2D eigenvalue weighted by atomic mass is 16.5. The van der Waals surface area contributed by atoms with Gasteiger partial charge in [-0.15, -0.1) is 0 Å². The van der Waals surface area contributed by atoms with E-state index in [4.69, 9.17) is 0 Å². The third-order valence-electron chi connectivity index (χ3n) is 3.25. The van der Waals surface area contributed by atoms with Crippen LogP contribution in [0, 0.1) is 0 Å². The number of carbonyl (C=O) groups excluding carboxylic acids is 3. The van der Waals surface area contributed by atoms with E-state index in [1.807, 2.05) is 35.8 Å². The summed E-state index contributed by atoms with van der Waals surface area (Å²) in [6.07, 6.45) is 1.27. The van der Waals surface area contributed by atoms with Crippen LogP contribution in [0.4, 0.5) is 0 Å². The zero-order valence-corrected chi connectivity index (χ0v) is 12.1. The zero-order valence-electron chi connectivity index (χ0n) is 12.1. The molecule has 0 atom stereocenters. The average molecular weight is 287 g/mol. The van der Waals surface area contributed by atoms with Crippen molar-refractivity contribution in [2.24, 2.45) is 0 Å². The molecular weight excluding hydrogens is 270 g/mol. The molecule has 0 bridgehead atoms. The number of rotatable bonds is 6. The van der Waals surface area contributed by atoms with E-state index in [0.29, 0.717) is 5.56 Å². The quantitative estimate of drug-likeness (QED) is 0.354. The molecule has 0 aliphatic heterocycles. The predicted molar refractivity (Wildman–Crippen MR) is 78.2 cm³/mol. The molecule has 2 aromatic rings. The highest BCUT2D eigenvalue weighted by Gasteiger charge is 2.22. The van der Waals surface area contributed by atoms with Crippen LogP contribution in [0.25, 0.3) is 10.9 Å². The Hall–Kier alpha value is -2.43. The molecule has 0 spiro atoms. The van der Waals surface area contributed by atoms with Crippen molar-refractivity contribution < 1.29 is 19.1 Å². The highest BCUT2D eigenvalue weighted by Crippen LogP contribution is 2.22. The summed E-state index contributed by atoms with van der Waals surface area (Å²) in [4.78, 5) is 35.2. The molecule has 2 rings (SSSR count). The summed E-state index contributed by atoms with van der Waals surface area (Å²) >= 11 is 0. The number of fused-ring (bicyclic) bond motifs is 1. The van der Waals surface area contributed by atoms with Gasteiger partial charge in [-0.05, 0) is 19.9 Å². The number of aryl methyl sites for hydroxylation is 1. The molecule has 0 radical (unpaired) electrons. The van der Waals surface area contributed by atoms with E-state index in [2.05, 4.69) is 4.74 Å². The molecule has 0 aliphatic rings. The molecule has 0 aliphatic carbocycles. The summed E-state index contributed by atoms with van der Waals surface area (Å²) in [7, 11) is 0. The minimum atomic E-state index is -0.954. The molecule has 5 heteroatoms. The van der Waals surface area contributed by atoms with Crippen LogP contribution in [-0.4, -0.2) is 28.7 Å². The van der Waals surface area contributed by atoms with Gasteiger partial charge in [-0.1, -0.05) is 18.2 Å². The van der Waals surface area contributed by atoms with Crippen LogP contribution in [0.1, 0.15) is 30.6 Å². The van der Waals surface area contributed by atoms with Crippen molar-refractivity contribution in [3.63, 3.8) is 0 Å². The lowest BCUT2D eigenvalue weighted by Crippen LogP contribution is -2.20. The van der Waals surface area contributed by atoms with Crippen LogP contribution in [0.5, 0.6) is 0 Å². The molecule has 0 unspecified atom stereocenters. The van der Waals surface area contributed by atoms with E-state index in [-0.39, 0.29) is 12.4 Å². The summed E-state index contributed by atoms with van der Waals surface area (Å²) < 4.78 is 6.55. The van der Waals surface area contributed by atoms with E-state index in [9.17, 15) is 14.4 Å². The number of ketones is 2. The largest absolute Gasteiger partial charge is 0.460 e. The van der Waals surface area contributed by atoms with Crippen molar-refractivity contribution in [1.82, 2.24) is 4.57 Å². The molecule has 0 N–H and O–H groups in total. The third-order valence-corrected chi connectivity index (χ3v) is 3.25. The van der Waals surface area contributed by atoms with E-state index in [1.165, 1.54) is 0 Å². The molecule has 1 aromatic carbocycles. The lowest BCUT2D eigenvalue weighted by molar-refractivity contribution is -0.153. The fourth-order valence-electron chi connectivity index (χ4n) is 2.26. The molecule has 1 aromatic heterocycles. The summed E-state index contributed by atoms with van der Waals surface area (Å²) in [5.74, 6) is -2.13. The Bertz CT molecular complexity index is 699. The second kappa shape index (κ2) is 6.35. The molecule has 21 heavy (non-hydrogen) atoms. The van der Waals surface area contributed by atoms with Crippen molar-refractivity contribution in [2.45, 2.75) is 26.8 Å². The number of hydrogen-bond donors (Lipinski definition) is 0. The number of ether oxygens (including phenoxy) is 1. The van der Waals surface area contributed by atoms with E-state index in [1.54, 1.807) is 13.1 Å². The Morgan fingerprint density at radius 3 is 2.52 bits per heavy atom. The van der Waals surface area contributed by atoms with Gasteiger partial charge in [0.05, 0.1) is 13.0 Å². The second-order valence-corrected chi connectivity index (χ2v) is 4.59. The van der Waals surface area contributed by atoms with Gasteiger partial charge in [-0.3, -0.25) is 9.59 Å². The monoisotopic (exact) mass is 287 g/mol. The Labute approximate surface area is 122 Å². The highest BCUT2D eigenvalue weighted by molar-refractivity contribution is 6.38. The van der Waals surface area contributed by atoms with Crippen molar-refractivity contribution in [2.75, 3.05) is 6.61 Å². The summed E-state index contributed by atoms with van der Waals surface area (Å²) in [5.41, 5.74) is 1.40. The van der Waals surface area contributed by atoms with Crippen molar-refractivity contribution in [3.05, 3.63) is 36.0 Å². The van der Waals surface area contributed by atoms with Crippen LogP contribution in [-0.2, 0) is 20.9 Å². The fraction of sp³-hybridized carbons (Fsp3) is 0.312. The Morgan fingerprint density at radius 2 is 1.86 bits per heavy atom. The molecule has 110 valence electrons. The maximum absolute atomic E-state index is 12.3. The van der Waals surface area contributed by atoms with E-state index in [0.717, 1.165) is 17.4 Å². The van der Waals surface area contributed by atoms with Gasteiger partial charge in [0.2, 0.25) is 5.78 Å². The van der Waals surface area contributed by atoms with Gasteiger partial charge < -0.3 is 9.30 Å². The molecule has 0 amide bonds. The van der Waals surface area contributed by atoms with Crippen molar-refractivity contribution in [1.29, 1.82) is 0 Å². The molecule has 1 heterocycles. The van der Waals surface area contributed by atoms with Gasteiger partial charge in [-0.2, -0.15) is 0 Å². The van der Waals surface area contributed by atoms with Gasteiger partial charge in [0.15, 0.2) is 5.78 Å². The normalized spacial score (nSPS) is 10.6. The first-order valence-electron chi connectivity index (χ1n) is 6.89. The van der Waals surface area contributed by atoms with Crippen LogP contribution in [0.2, 0.25) is 0 Å². The van der Waals surface area contributed by atoms with Gasteiger partial charge in [0.25, 0.3) is 0 Å². The van der Waals surface area contributed by atoms with Gasteiger partial charge in [0, 0.05) is 29.2 Å². The number of esters is 1. The van der Waals surface area contributed by atoms with Gasteiger partial charge >= 0.3 is 5.97 Å². The van der Waals surface area contributed by atoms with Gasteiger partial charge in [-0.25, -0.2) is 4.79 Å². The van der Waals surface area contributed by atoms with E-state index < -0.39 is 18.2 Å². The van der Waals surface area contributed by atoms with Crippen molar-refractivity contribution >= 4 is 28.4 Å². The maximum atomic E-state index is 12.3. The maximum Gasteiger partial charge on any atom is 0.375 e. The number of aromatic nitrogens is 1. The lowest BCUT2D eigenvalue weighted by Gasteiger charge is -2.00. The number of nitrogens with zero attached hydrogens (tertiary/aromatic N) is 1. The zero-order chi connectivity index (χ0) is 15.4. The summed E-state index contributed by atoms with van der Waals surface area (Å²) in [6.45, 7) is 4.43. The second-order valence-electron chi connectivity index (χ2n) is 4.59. The Balaban J connectivity index is 2.28. The minimum Gasteiger partial charge on any atom is -0.460 e. The SMILES string of the molecule is CCOC(=O)C(=O)CC(=O)c1cn(CC)c2ccccc12. The smallest absolute Gasteiger partial charge is 0.375 e. The fourth-order valence-corrected chi connectivity index (χ4v) is 2.26. The topological polar surface area (TPSA) is 65.4 Å². The standard InChI is InChI=1S/C16H17NO4/c1-3-17-10-12(11-7-5-6-8-13(11)17)14(18)9-15(19)16(20)21-4-2/h5-8,10H,3-4,9H2,1-2H3. The summed E-state index contributed by atoms with van der Waals surface area (Å²) in [5, 5.41) is 0.793. The lowest BCUT2D eigenvalue weighted by atomic mass is 10.1. The predicted octanol–water partition coefficient (Wildman–Crippen LogP) is 2.37. The number of hydrogen-bond acceptors (Lipinski definition) is 4. The number of benzene rings is 1. The first-order valence-corrected chi connectivity index (χ1v) is 6.89. The van der Waals surface area contributed by atoms with Crippen LogP contribution in [0.15, 0.2) is 30.5 Å². The molecule has 5 nitrogen and oxygen atoms in total. The van der Waals surface area contributed by atoms with Crippen LogP contribution >= 0.6 is 0 Å². The summed E-state index contributed by atoms with van der Waals surface area (Å²) in [6, 6.07) is 7.49. The number of para-hydroxylation sites is 1. The van der Waals surface area contributed by atoms with Crippen LogP contribution < -0.4 is 0 Å². The Morgan fingerprint density at radius 1 is 1.14 bits per heavy atom. The van der Waals surface area contributed by atoms with E-state index >= 15 is 0 Å². The Kier molecular flexibility index (Phi) is 4.52. The molecule has 0 saturated carbocycles.